The third-order valence-corrected chi connectivity index (χ3v) is 4.20. The van der Waals surface area contributed by atoms with E-state index in [1.54, 1.807) is 0 Å². The molecule has 5 nitrogen and oxygen atoms in total. The first-order valence-electron chi connectivity index (χ1n) is 7.14. The molecule has 2 atom stereocenters. The van der Waals surface area contributed by atoms with Gasteiger partial charge in [-0.1, -0.05) is 12.8 Å². The normalized spacial score (nSPS) is 27.8. The van der Waals surface area contributed by atoms with Crippen LogP contribution in [-0.2, 0) is 11.3 Å². The van der Waals surface area contributed by atoms with Crippen molar-refractivity contribution in [2.24, 2.45) is 5.84 Å². The van der Waals surface area contributed by atoms with E-state index in [1.165, 1.54) is 25.7 Å². The van der Waals surface area contributed by atoms with Gasteiger partial charge in [0.2, 0.25) is 0 Å². The zero-order chi connectivity index (χ0) is 13.1. The van der Waals surface area contributed by atoms with Gasteiger partial charge in [0.05, 0.1) is 24.1 Å². The maximum atomic E-state index is 5.90. The lowest BCUT2D eigenvalue weighted by Crippen LogP contribution is -2.52. The molecule has 1 aliphatic heterocycles. The van der Waals surface area contributed by atoms with Crippen LogP contribution in [-0.4, -0.2) is 35.2 Å². The highest BCUT2D eigenvalue weighted by Gasteiger charge is 2.34. The highest BCUT2D eigenvalue weighted by molar-refractivity contribution is 5.41. The van der Waals surface area contributed by atoms with E-state index in [0.717, 1.165) is 31.1 Å². The van der Waals surface area contributed by atoms with Gasteiger partial charge in [0.1, 0.15) is 0 Å². The molecule has 2 heterocycles. The third kappa shape index (κ3) is 2.88. The molecular weight excluding hydrogens is 240 g/mol. The van der Waals surface area contributed by atoms with Crippen LogP contribution in [0.1, 0.15) is 31.4 Å². The van der Waals surface area contributed by atoms with Crippen LogP contribution in [0.3, 0.4) is 0 Å². The number of nitrogens with zero attached hydrogens (tertiary/aromatic N) is 2. The minimum Gasteiger partial charge on any atom is -0.375 e. The van der Waals surface area contributed by atoms with Gasteiger partial charge >= 0.3 is 0 Å². The Labute approximate surface area is 114 Å². The smallest absolute Gasteiger partial charge is 0.0731 e. The van der Waals surface area contributed by atoms with Crippen molar-refractivity contribution in [1.29, 1.82) is 0 Å². The topological polar surface area (TPSA) is 63.4 Å². The molecule has 0 bridgehead atoms. The van der Waals surface area contributed by atoms with E-state index >= 15 is 0 Å². The standard InChI is InChI=1S/C14H22N4O/c15-17-11-5-6-16-12(9-11)10-18-7-8-19-14-4-2-1-3-13(14)18/h5-6,9,13-14H,1-4,7-8,10,15H2,(H,16,17). The minimum atomic E-state index is 0.429. The number of nitrogens with one attached hydrogen (secondary N) is 1. The second-order valence-electron chi connectivity index (χ2n) is 5.41. The molecule has 1 aliphatic carbocycles. The number of nitrogen functional groups attached to an aromatic ring is 1. The summed E-state index contributed by atoms with van der Waals surface area (Å²) in [6.07, 6.45) is 7.32. The van der Waals surface area contributed by atoms with Crippen LogP contribution in [0.5, 0.6) is 0 Å². The highest BCUT2D eigenvalue weighted by Crippen LogP contribution is 2.29. The number of morpholine rings is 1. The van der Waals surface area contributed by atoms with Gasteiger partial charge in [-0.3, -0.25) is 15.7 Å². The summed E-state index contributed by atoms with van der Waals surface area (Å²) < 4.78 is 5.90. The summed E-state index contributed by atoms with van der Waals surface area (Å²) in [6, 6.07) is 4.47. The molecule has 2 aliphatic rings. The summed E-state index contributed by atoms with van der Waals surface area (Å²) in [5.74, 6) is 5.45. The van der Waals surface area contributed by atoms with Crippen molar-refractivity contribution in [2.75, 3.05) is 18.6 Å². The van der Waals surface area contributed by atoms with Crippen molar-refractivity contribution in [3.05, 3.63) is 24.0 Å². The summed E-state index contributed by atoms with van der Waals surface area (Å²) in [6.45, 7) is 2.74. The molecule has 0 spiro atoms. The zero-order valence-corrected chi connectivity index (χ0v) is 11.2. The van der Waals surface area contributed by atoms with E-state index in [1.807, 2.05) is 18.3 Å². The van der Waals surface area contributed by atoms with Crippen LogP contribution in [0.2, 0.25) is 0 Å². The maximum Gasteiger partial charge on any atom is 0.0731 e. The molecular formula is C14H22N4O. The van der Waals surface area contributed by atoms with Crippen molar-refractivity contribution in [1.82, 2.24) is 9.88 Å². The number of hydrogen-bond donors (Lipinski definition) is 2. The lowest BCUT2D eigenvalue weighted by Gasteiger charge is -2.43. The average Bonchev–Trinajstić information content (AvgIpc) is 2.48. The molecule has 1 saturated carbocycles. The van der Waals surface area contributed by atoms with Crippen molar-refractivity contribution in [3.63, 3.8) is 0 Å². The number of ether oxygens (including phenoxy) is 1. The minimum absolute atomic E-state index is 0.429. The van der Waals surface area contributed by atoms with Crippen molar-refractivity contribution in [2.45, 2.75) is 44.4 Å². The number of hydrogen-bond acceptors (Lipinski definition) is 5. The molecule has 1 aromatic heterocycles. The van der Waals surface area contributed by atoms with E-state index in [-0.39, 0.29) is 0 Å². The summed E-state index contributed by atoms with van der Waals surface area (Å²) in [7, 11) is 0. The van der Waals surface area contributed by atoms with Gasteiger partial charge < -0.3 is 10.2 Å². The predicted molar refractivity (Wildman–Crippen MR) is 74.5 cm³/mol. The van der Waals surface area contributed by atoms with Gasteiger partial charge in [-0.15, -0.1) is 0 Å². The fourth-order valence-corrected chi connectivity index (χ4v) is 3.24. The molecule has 19 heavy (non-hydrogen) atoms. The van der Waals surface area contributed by atoms with Gasteiger partial charge in [0.15, 0.2) is 0 Å². The Balaban J connectivity index is 1.70. The Morgan fingerprint density at radius 1 is 1.42 bits per heavy atom. The Morgan fingerprint density at radius 2 is 2.32 bits per heavy atom. The van der Waals surface area contributed by atoms with Gasteiger partial charge in [-0.25, -0.2) is 0 Å². The molecule has 3 rings (SSSR count). The highest BCUT2D eigenvalue weighted by atomic mass is 16.5. The van der Waals surface area contributed by atoms with Crippen LogP contribution in [0.25, 0.3) is 0 Å². The molecule has 1 aromatic rings. The Kier molecular flexibility index (Phi) is 3.96. The molecule has 5 heteroatoms. The predicted octanol–water partition coefficient (Wildman–Crippen LogP) is 1.51. The summed E-state index contributed by atoms with van der Waals surface area (Å²) in [5, 5.41) is 0. The number of aromatic nitrogens is 1. The first kappa shape index (κ1) is 12.8. The Bertz CT molecular complexity index is 424. The summed E-state index contributed by atoms with van der Waals surface area (Å²) >= 11 is 0. The van der Waals surface area contributed by atoms with Crippen molar-refractivity contribution >= 4 is 5.69 Å². The third-order valence-electron chi connectivity index (χ3n) is 4.20. The number of hydrazine groups is 1. The van der Waals surface area contributed by atoms with Crippen molar-refractivity contribution < 1.29 is 4.74 Å². The van der Waals surface area contributed by atoms with Gasteiger partial charge in [-0.05, 0) is 25.0 Å². The van der Waals surface area contributed by atoms with Crippen LogP contribution in [0.15, 0.2) is 18.3 Å². The van der Waals surface area contributed by atoms with E-state index < -0.39 is 0 Å². The molecule has 104 valence electrons. The van der Waals surface area contributed by atoms with Crippen LogP contribution < -0.4 is 11.3 Å². The van der Waals surface area contributed by atoms with E-state index in [9.17, 15) is 0 Å². The van der Waals surface area contributed by atoms with E-state index in [0.29, 0.717) is 12.1 Å². The van der Waals surface area contributed by atoms with Crippen LogP contribution in [0, 0.1) is 0 Å². The summed E-state index contributed by atoms with van der Waals surface area (Å²) in [5.41, 5.74) is 4.66. The fraction of sp³-hybridized carbons (Fsp3) is 0.643. The SMILES string of the molecule is NNc1ccnc(CN2CCOC3CCCCC32)c1. The first-order chi connectivity index (χ1) is 9.36. The molecule has 0 amide bonds. The van der Waals surface area contributed by atoms with Crippen molar-refractivity contribution in [3.8, 4) is 0 Å². The quantitative estimate of drug-likeness (QED) is 0.638. The lowest BCUT2D eigenvalue weighted by atomic mass is 9.90. The molecule has 3 N–H and O–H groups in total. The largest absolute Gasteiger partial charge is 0.375 e. The number of rotatable bonds is 3. The Hall–Kier alpha value is -1.17. The first-order valence-corrected chi connectivity index (χ1v) is 7.14. The van der Waals surface area contributed by atoms with E-state index in [4.69, 9.17) is 10.6 Å². The second-order valence-corrected chi connectivity index (χ2v) is 5.41. The lowest BCUT2D eigenvalue weighted by molar-refractivity contribution is -0.0914. The maximum absolute atomic E-state index is 5.90. The number of anilines is 1. The number of fused-ring (bicyclic) bond motifs is 1. The molecule has 0 radical (unpaired) electrons. The molecule has 1 saturated heterocycles. The second kappa shape index (κ2) is 5.86. The van der Waals surface area contributed by atoms with Crippen LogP contribution in [0.4, 0.5) is 5.69 Å². The van der Waals surface area contributed by atoms with Crippen LogP contribution >= 0.6 is 0 Å². The zero-order valence-electron chi connectivity index (χ0n) is 11.2. The summed E-state index contributed by atoms with van der Waals surface area (Å²) in [4.78, 5) is 6.96. The molecule has 2 fully saturated rings. The average molecular weight is 262 g/mol. The van der Waals surface area contributed by atoms with Gasteiger partial charge in [0.25, 0.3) is 0 Å². The monoisotopic (exact) mass is 262 g/mol. The molecule has 2 unspecified atom stereocenters. The van der Waals surface area contributed by atoms with Gasteiger partial charge in [-0.2, -0.15) is 0 Å². The number of pyridine rings is 1. The van der Waals surface area contributed by atoms with E-state index in [2.05, 4.69) is 15.3 Å². The Morgan fingerprint density at radius 3 is 3.21 bits per heavy atom. The molecule has 0 aromatic carbocycles. The number of nitrogens with two attached hydrogens (primary N) is 1. The fourth-order valence-electron chi connectivity index (χ4n) is 3.24. The van der Waals surface area contributed by atoms with Gasteiger partial charge in [0, 0.05) is 25.3 Å².